The zero-order chi connectivity index (χ0) is 21.8. The Labute approximate surface area is 183 Å². The van der Waals surface area contributed by atoms with Crippen molar-refractivity contribution < 1.29 is 13.7 Å². The van der Waals surface area contributed by atoms with Crippen molar-refractivity contribution in [3.8, 4) is 11.6 Å². The molecule has 31 heavy (non-hydrogen) atoms. The number of pyridine rings is 2. The van der Waals surface area contributed by atoms with Gasteiger partial charge in [0, 0.05) is 23.7 Å². The number of methoxy groups -OCH3 is 1. The van der Waals surface area contributed by atoms with E-state index in [0.717, 1.165) is 11.3 Å². The van der Waals surface area contributed by atoms with Gasteiger partial charge in [-0.15, -0.1) is 0 Å². The molecule has 2 atom stereocenters. The number of aromatic amines is 1. The Hall–Kier alpha value is -3.26. The zero-order valence-electron chi connectivity index (χ0n) is 17.7. The zero-order valence-corrected chi connectivity index (χ0v) is 18.5. The number of hydrogen-bond donors (Lipinski definition) is 1. The van der Waals surface area contributed by atoms with Crippen LogP contribution in [0.3, 0.4) is 0 Å². The minimum absolute atomic E-state index is 0.236. The quantitative estimate of drug-likeness (QED) is 0.446. The molecule has 4 rings (SSSR count). The third-order valence-electron chi connectivity index (χ3n) is 5.11. The molecular formula is C23H24N4O3S. The van der Waals surface area contributed by atoms with Gasteiger partial charge in [-0.05, 0) is 24.6 Å². The minimum Gasteiger partial charge on any atom is -0.496 e. The summed E-state index contributed by atoms with van der Waals surface area (Å²) in [5, 5.41) is 0.362. The molecule has 0 aliphatic rings. The second-order valence-electron chi connectivity index (χ2n) is 7.26. The van der Waals surface area contributed by atoms with Crippen molar-refractivity contribution in [2.45, 2.75) is 30.7 Å². The van der Waals surface area contributed by atoms with Gasteiger partial charge in [0.15, 0.2) is 10.8 Å². The van der Waals surface area contributed by atoms with E-state index in [9.17, 15) is 4.21 Å². The van der Waals surface area contributed by atoms with Crippen molar-refractivity contribution in [1.82, 2.24) is 19.9 Å². The van der Waals surface area contributed by atoms with Gasteiger partial charge in [-0.1, -0.05) is 37.3 Å². The van der Waals surface area contributed by atoms with E-state index in [1.165, 1.54) is 5.56 Å². The summed E-state index contributed by atoms with van der Waals surface area (Å²) in [4.78, 5) is 16.3. The Balaban J connectivity index is 1.46. The summed E-state index contributed by atoms with van der Waals surface area (Å²) in [5.74, 6) is 1.68. The average Bonchev–Trinajstić information content (AvgIpc) is 3.23. The maximum atomic E-state index is 12.9. The lowest BCUT2D eigenvalue weighted by atomic mass is 10.0. The minimum atomic E-state index is -1.40. The van der Waals surface area contributed by atoms with Crippen LogP contribution >= 0.6 is 0 Å². The van der Waals surface area contributed by atoms with Gasteiger partial charge in [-0.25, -0.2) is 4.98 Å². The van der Waals surface area contributed by atoms with Gasteiger partial charge in [0.1, 0.15) is 5.75 Å². The molecule has 0 spiro atoms. The molecule has 0 aliphatic carbocycles. The second kappa shape index (κ2) is 9.26. The number of ether oxygens (including phenoxy) is 2. The molecule has 3 aromatic heterocycles. The number of rotatable bonds is 8. The van der Waals surface area contributed by atoms with Crippen molar-refractivity contribution in [3.63, 3.8) is 0 Å². The summed E-state index contributed by atoms with van der Waals surface area (Å²) < 4.78 is 24.1. The van der Waals surface area contributed by atoms with E-state index >= 15 is 0 Å². The number of hydrogen-bond acceptors (Lipinski definition) is 6. The maximum absolute atomic E-state index is 12.9. The van der Waals surface area contributed by atoms with Crippen molar-refractivity contribution in [1.29, 1.82) is 0 Å². The summed E-state index contributed by atoms with van der Waals surface area (Å²) in [5.41, 5.74) is 3.98. The predicted octanol–water partition coefficient (Wildman–Crippen LogP) is 4.16. The molecule has 0 fully saturated rings. The normalized spacial score (nSPS) is 13.1. The number of imidazole rings is 1. The molecule has 2 unspecified atom stereocenters. The molecule has 0 bridgehead atoms. The standard InChI is InChI=1S/C23H24N4O3S/c1-15(17-7-5-4-6-8-17)13-30-21-10-9-18-22(26-21)27-23(25-18)31(28)14-19-16(2)20(29-3)11-12-24-19/h4-12,15H,13-14H2,1-3H3,(H,25,26,27). The first-order chi connectivity index (χ1) is 15.0. The van der Waals surface area contributed by atoms with E-state index in [0.29, 0.717) is 34.5 Å². The molecule has 8 heteroatoms. The van der Waals surface area contributed by atoms with Crippen LogP contribution in [0, 0.1) is 6.92 Å². The molecule has 160 valence electrons. The Kier molecular flexibility index (Phi) is 6.27. The Morgan fingerprint density at radius 2 is 1.90 bits per heavy atom. The molecule has 0 aliphatic heterocycles. The molecule has 1 aromatic carbocycles. The fraction of sp³-hybridized carbons (Fsp3) is 0.261. The van der Waals surface area contributed by atoms with E-state index in [1.807, 2.05) is 31.2 Å². The van der Waals surface area contributed by atoms with Crippen molar-refractivity contribution in [2.75, 3.05) is 13.7 Å². The highest BCUT2D eigenvalue weighted by Gasteiger charge is 2.16. The molecule has 0 saturated carbocycles. The number of nitrogens with one attached hydrogen (secondary N) is 1. The number of benzene rings is 1. The lowest BCUT2D eigenvalue weighted by Gasteiger charge is -2.12. The highest BCUT2D eigenvalue weighted by atomic mass is 32.2. The number of aromatic nitrogens is 4. The maximum Gasteiger partial charge on any atom is 0.215 e. The fourth-order valence-corrected chi connectivity index (χ4v) is 4.34. The fourth-order valence-electron chi connectivity index (χ4n) is 3.25. The number of nitrogens with zero attached hydrogens (tertiary/aromatic N) is 3. The van der Waals surface area contributed by atoms with Crippen LogP contribution in [-0.4, -0.2) is 37.9 Å². The lowest BCUT2D eigenvalue weighted by molar-refractivity contribution is 0.286. The highest BCUT2D eigenvalue weighted by Crippen LogP contribution is 2.23. The Morgan fingerprint density at radius 3 is 2.68 bits per heavy atom. The molecule has 0 radical (unpaired) electrons. The second-order valence-corrected chi connectivity index (χ2v) is 8.63. The van der Waals surface area contributed by atoms with Crippen LogP contribution in [0.5, 0.6) is 11.6 Å². The molecule has 1 N–H and O–H groups in total. The summed E-state index contributed by atoms with van der Waals surface area (Å²) >= 11 is 0. The van der Waals surface area contributed by atoms with Gasteiger partial charge in [0.05, 0.1) is 41.5 Å². The van der Waals surface area contributed by atoms with Crippen LogP contribution in [0.2, 0.25) is 0 Å². The smallest absolute Gasteiger partial charge is 0.215 e. The molecule has 7 nitrogen and oxygen atoms in total. The van der Waals surface area contributed by atoms with Crippen LogP contribution in [0.25, 0.3) is 11.2 Å². The van der Waals surface area contributed by atoms with Crippen molar-refractivity contribution >= 4 is 22.0 Å². The monoisotopic (exact) mass is 436 g/mol. The Bertz CT molecular complexity index is 1210. The van der Waals surface area contributed by atoms with Gasteiger partial charge in [-0.3, -0.25) is 9.19 Å². The molecular weight excluding hydrogens is 412 g/mol. The summed E-state index contributed by atoms with van der Waals surface area (Å²) in [6.45, 7) is 4.52. The van der Waals surface area contributed by atoms with Crippen LogP contribution in [0.1, 0.15) is 29.7 Å². The average molecular weight is 437 g/mol. The highest BCUT2D eigenvalue weighted by molar-refractivity contribution is 7.84. The van der Waals surface area contributed by atoms with E-state index in [-0.39, 0.29) is 11.7 Å². The van der Waals surface area contributed by atoms with E-state index < -0.39 is 10.8 Å². The van der Waals surface area contributed by atoms with E-state index in [1.54, 1.807) is 25.4 Å². The molecule has 0 amide bonds. The molecule has 0 saturated heterocycles. The summed E-state index contributed by atoms with van der Waals surface area (Å²) in [7, 11) is 0.210. The van der Waals surface area contributed by atoms with Crippen LogP contribution in [0.15, 0.2) is 59.9 Å². The van der Waals surface area contributed by atoms with Gasteiger partial charge in [-0.2, -0.15) is 4.98 Å². The van der Waals surface area contributed by atoms with Gasteiger partial charge >= 0.3 is 0 Å². The van der Waals surface area contributed by atoms with Crippen LogP contribution in [-0.2, 0) is 16.6 Å². The van der Waals surface area contributed by atoms with E-state index in [2.05, 4.69) is 39.0 Å². The third kappa shape index (κ3) is 4.74. The van der Waals surface area contributed by atoms with Crippen molar-refractivity contribution in [3.05, 3.63) is 71.5 Å². The first-order valence-electron chi connectivity index (χ1n) is 9.96. The first-order valence-corrected chi connectivity index (χ1v) is 11.3. The first kappa shape index (κ1) is 21.0. The number of fused-ring (bicyclic) bond motifs is 1. The Morgan fingerprint density at radius 1 is 1.10 bits per heavy atom. The molecule has 4 aromatic rings. The number of H-pyrrole nitrogens is 1. The lowest BCUT2D eigenvalue weighted by Crippen LogP contribution is -2.07. The third-order valence-corrected chi connectivity index (χ3v) is 6.27. The summed E-state index contributed by atoms with van der Waals surface area (Å²) in [6.07, 6.45) is 1.65. The molecule has 3 heterocycles. The van der Waals surface area contributed by atoms with Gasteiger partial charge < -0.3 is 14.5 Å². The van der Waals surface area contributed by atoms with Crippen LogP contribution < -0.4 is 9.47 Å². The van der Waals surface area contributed by atoms with Gasteiger partial charge in [0.25, 0.3) is 0 Å². The van der Waals surface area contributed by atoms with Crippen LogP contribution in [0.4, 0.5) is 0 Å². The predicted molar refractivity (Wildman–Crippen MR) is 120 cm³/mol. The SMILES string of the molecule is COc1ccnc(CS(=O)c2nc3nc(OCC(C)c4ccccc4)ccc3[nH]2)c1C. The van der Waals surface area contributed by atoms with Gasteiger partial charge in [0.2, 0.25) is 5.88 Å². The van der Waals surface area contributed by atoms with E-state index in [4.69, 9.17) is 9.47 Å². The van der Waals surface area contributed by atoms with Crippen molar-refractivity contribution in [2.24, 2.45) is 0 Å². The largest absolute Gasteiger partial charge is 0.496 e. The topological polar surface area (TPSA) is 90.0 Å². The summed E-state index contributed by atoms with van der Waals surface area (Å²) in [6, 6.07) is 15.6.